The first-order valence-electron chi connectivity index (χ1n) is 7.85. The third-order valence-electron chi connectivity index (χ3n) is 3.54. The molecule has 0 atom stereocenters. The number of rotatable bonds is 6. The molecule has 0 spiro atoms. The Kier molecular flexibility index (Phi) is 5.12. The summed E-state index contributed by atoms with van der Waals surface area (Å²) in [5.41, 5.74) is 0.868. The largest absolute Gasteiger partial charge is 0.357 e. The molecule has 6 nitrogen and oxygen atoms in total. The van der Waals surface area contributed by atoms with E-state index in [0.29, 0.717) is 23.3 Å². The molecule has 1 aliphatic rings. The van der Waals surface area contributed by atoms with E-state index in [1.807, 2.05) is 19.1 Å². The van der Waals surface area contributed by atoms with Gasteiger partial charge in [0.1, 0.15) is 6.54 Å². The summed E-state index contributed by atoms with van der Waals surface area (Å²) in [6, 6.07) is 7.33. The fraction of sp³-hybridized carbons (Fsp3) is 0.438. The van der Waals surface area contributed by atoms with Gasteiger partial charge in [0.25, 0.3) is 0 Å². The van der Waals surface area contributed by atoms with Gasteiger partial charge >= 0.3 is 0 Å². The Bertz CT molecular complexity index is 663. The van der Waals surface area contributed by atoms with E-state index >= 15 is 0 Å². The fourth-order valence-corrected chi connectivity index (χ4v) is 2.21. The quantitative estimate of drug-likeness (QED) is 0.628. The van der Waals surface area contributed by atoms with E-state index in [1.165, 1.54) is 12.8 Å². The Morgan fingerprint density at radius 3 is 2.78 bits per heavy atom. The Morgan fingerprint density at radius 2 is 2.09 bits per heavy atom. The third-order valence-corrected chi connectivity index (χ3v) is 3.79. The van der Waals surface area contributed by atoms with Crippen LogP contribution in [0, 0.1) is 5.92 Å². The van der Waals surface area contributed by atoms with Gasteiger partial charge in [0.05, 0.1) is 0 Å². The van der Waals surface area contributed by atoms with Crippen molar-refractivity contribution in [2.45, 2.75) is 26.3 Å². The smallest absolute Gasteiger partial charge is 0.248 e. The zero-order valence-electron chi connectivity index (χ0n) is 13.1. The highest BCUT2D eigenvalue weighted by atomic mass is 35.5. The molecular weight excluding hydrogens is 314 g/mol. The highest BCUT2D eigenvalue weighted by Gasteiger charge is 2.21. The minimum atomic E-state index is 0.348. The maximum absolute atomic E-state index is 5.88. The predicted octanol–water partition coefficient (Wildman–Crippen LogP) is 2.86. The van der Waals surface area contributed by atoms with Crippen LogP contribution in [0.1, 0.15) is 25.7 Å². The average Bonchev–Trinajstić information content (AvgIpc) is 3.27. The molecule has 1 fully saturated rings. The molecule has 2 N–H and O–H groups in total. The van der Waals surface area contributed by atoms with Crippen LogP contribution in [0.25, 0.3) is 11.4 Å². The summed E-state index contributed by atoms with van der Waals surface area (Å²) in [6.07, 6.45) is 2.61. The molecule has 0 amide bonds. The van der Waals surface area contributed by atoms with Crippen LogP contribution in [0.5, 0.6) is 0 Å². The molecule has 1 aromatic heterocycles. The zero-order valence-corrected chi connectivity index (χ0v) is 13.8. The van der Waals surface area contributed by atoms with Gasteiger partial charge in [-0.15, -0.1) is 0 Å². The first kappa shape index (κ1) is 15.8. The van der Waals surface area contributed by atoms with Gasteiger partial charge in [0.15, 0.2) is 5.96 Å². The summed E-state index contributed by atoms with van der Waals surface area (Å²) in [4.78, 5) is 8.85. The number of hydrogen-bond donors (Lipinski definition) is 2. The molecular formula is C16H20ClN5O. The van der Waals surface area contributed by atoms with Crippen LogP contribution in [0.15, 0.2) is 33.8 Å². The van der Waals surface area contributed by atoms with E-state index < -0.39 is 0 Å². The number of aliphatic imine (C=N–C) groups is 1. The number of guanidine groups is 1. The molecule has 3 rings (SSSR count). The summed E-state index contributed by atoms with van der Waals surface area (Å²) in [6.45, 7) is 4.17. The molecule has 23 heavy (non-hydrogen) atoms. The Morgan fingerprint density at radius 1 is 1.30 bits per heavy atom. The van der Waals surface area contributed by atoms with Crippen LogP contribution in [-0.4, -0.2) is 29.2 Å². The van der Waals surface area contributed by atoms with Crippen LogP contribution in [0.2, 0.25) is 5.02 Å². The molecule has 2 aromatic rings. The first-order chi connectivity index (χ1) is 11.2. The molecule has 122 valence electrons. The van der Waals surface area contributed by atoms with Crippen molar-refractivity contribution in [2.75, 3.05) is 13.1 Å². The van der Waals surface area contributed by atoms with Gasteiger partial charge in [-0.1, -0.05) is 16.8 Å². The molecule has 0 bridgehead atoms. The summed E-state index contributed by atoms with van der Waals surface area (Å²) in [7, 11) is 0. The lowest BCUT2D eigenvalue weighted by atomic mass is 10.2. The van der Waals surface area contributed by atoms with Gasteiger partial charge in [-0.3, -0.25) is 0 Å². The van der Waals surface area contributed by atoms with Crippen LogP contribution >= 0.6 is 11.6 Å². The van der Waals surface area contributed by atoms with Crippen molar-refractivity contribution in [3.8, 4) is 11.4 Å². The van der Waals surface area contributed by atoms with Crippen molar-refractivity contribution in [3.05, 3.63) is 35.2 Å². The monoisotopic (exact) mass is 333 g/mol. The van der Waals surface area contributed by atoms with Gasteiger partial charge in [0.2, 0.25) is 11.7 Å². The average molecular weight is 334 g/mol. The van der Waals surface area contributed by atoms with Gasteiger partial charge < -0.3 is 15.2 Å². The SMILES string of the molecule is CCNC(=NCc1nc(-c2ccc(Cl)cc2)no1)NCC1CC1. The molecule has 0 saturated heterocycles. The number of nitrogens with one attached hydrogen (secondary N) is 2. The Hall–Kier alpha value is -2.08. The molecule has 7 heteroatoms. The standard InChI is InChI=1S/C16H20ClN5O/c1-2-18-16(19-9-11-3-4-11)20-10-14-21-15(22-23-14)12-5-7-13(17)8-6-12/h5-8,11H,2-4,9-10H2,1H3,(H2,18,19,20). The van der Waals surface area contributed by atoms with Crippen molar-refractivity contribution in [2.24, 2.45) is 10.9 Å². The molecule has 0 unspecified atom stereocenters. The maximum Gasteiger partial charge on any atom is 0.248 e. The number of benzene rings is 1. The lowest BCUT2D eigenvalue weighted by Gasteiger charge is -2.09. The molecule has 0 aliphatic heterocycles. The van der Waals surface area contributed by atoms with Crippen LogP contribution in [0.4, 0.5) is 0 Å². The second-order valence-corrected chi connectivity index (χ2v) is 5.97. The van der Waals surface area contributed by atoms with Crippen molar-refractivity contribution in [3.63, 3.8) is 0 Å². The summed E-state index contributed by atoms with van der Waals surface area (Å²) in [5.74, 6) is 2.60. The minimum Gasteiger partial charge on any atom is -0.357 e. The molecule has 1 aliphatic carbocycles. The van der Waals surface area contributed by atoms with Crippen molar-refractivity contribution >= 4 is 17.6 Å². The van der Waals surface area contributed by atoms with Gasteiger partial charge in [0, 0.05) is 23.7 Å². The summed E-state index contributed by atoms with van der Waals surface area (Å²) < 4.78 is 5.26. The van der Waals surface area contributed by atoms with E-state index in [2.05, 4.69) is 25.8 Å². The van der Waals surface area contributed by atoms with Crippen molar-refractivity contribution in [1.29, 1.82) is 0 Å². The van der Waals surface area contributed by atoms with E-state index in [1.54, 1.807) is 12.1 Å². The third kappa shape index (κ3) is 4.69. The van der Waals surface area contributed by atoms with Gasteiger partial charge in [-0.2, -0.15) is 4.98 Å². The number of halogens is 1. The Balaban J connectivity index is 1.62. The summed E-state index contributed by atoms with van der Waals surface area (Å²) >= 11 is 5.88. The van der Waals surface area contributed by atoms with Crippen molar-refractivity contribution in [1.82, 2.24) is 20.8 Å². The highest BCUT2D eigenvalue weighted by molar-refractivity contribution is 6.30. The highest BCUT2D eigenvalue weighted by Crippen LogP contribution is 2.27. The fourth-order valence-electron chi connectivity index (χ4n) is 2.09. The zero-order chi connectivity index (χ0) is 16.1. The molecule has 1 saturated carbocycles. The summed E-state index contributed by atoms with van der Waals surface area (Å²) in [5, 5.41) is 11.2. The normalized spacial score (nSPS) is 14.8. The molecule has 1 aromatic carbocycles. The van der Waals surface area contributed by atoms with E-state index in [0.717, 1.165) is 30.5 Å². The van der Waals surface area contributed by atoms with E-state index in [-0.39, 0.29) is 0 Å². The number of aromatic nitrogens is 2. The minimum absolute atomic E-state index is 0.348. The lowest BCUT2D eigenvalue weighted by molar-refractivity contribution is 0.380. The topological polar surface area (TPSA) is 75.3 Å². The maximum atomic E-state index is 5.88. The Labute approximate surface area is 140 Å². The lowest BCUT2D eigenvalue weighted by Crippen LogP contribution is -2.38. The first-order valence-corrected chi connectivity index (χ1v) is 8.23. The number of nitrogens with zero attached hydrogens (tertiary/aromatic N) is 3. The predicted molar refractivity (Wildman–Crippen MR) is 90.3 cm³/mol. The second kappa shape index (κ2) is 7.46. The molecule has 0 radical (unpaired) electrons. The van der Waals surface area contributed by atoms with Crippen LogP contribution < -0.4 is 10.6 Å². The van der Waals surface area contributed by atoms with Gasteiger partial charge in [-0.25, -0.2) is 4.99 Å². The molecule has 1 heterocycles. The van der Waals surface area contributed by atoms with Crippen LogP contribution in [-0.2, 0) is 6.54 Å². The number of hydrogen-bond acceptors (Lipinski definition) is 4. The van der Waals surface area contributed by atoms with Crippen molar-refractivity contribution < 1.29 is 4.52 Å². The van der Waals surface area contributed by atoms with Gasteiger partial charge in [-0.05, 0) is 49.9 Å². The van der Waals surface area contributed by atoms with E-state index in [9.17, 15) is 0 Å². The van der Waals surface area contributed by atoms with Crippen LogP contribution in [0.3, 0.4) is 0 Å². The second-order valence-electron chi connectivity index (χ2n) is 5.54. The van der Waals surface area contributed by atoms with E-state index in [4.69, 9.17) is 16.1 Å².